The number of thiophene rings is 1. The number of hydrogen-bond donors (Lipinski definition) is 1. The maximum absolute atomic E-state index is 12.2. The van der Waals surface area contributed by atoms with E-state index in [1.807, 2.05) is 4.90 Å². The minimum absolute atomic E-state index is 0.0373. The molecule has 1 amide bonds. The molecule has 2 heterocycles. The summed E-state index contributed by atoms with van der Waals surface area (Å²) >= 11 is 1.05. The Bertz CT molecular complexity index is 482. The lowest BCUT2D eigenvalue weighted by molar-refractivity contribution is 0.0701. The fourth-order valence-electron chi connectivity index (χ4n) is 2.21. The summed E-state index contributed by atoms with van der Waals surface area (Å²) < 4.78 is 0. The van der Waals surface area contributed by atoms with Crippen molar-refractivity contribution in [3.05, 3.63) is 21.9 Å². The lowest BCUT2D eigenvalue weighted by Gasteiger charge is -2.22. The van der Waals surface area contributed by atoms with Crippen LogP contribution in [0, 0.1) is 5.41 Å². The Balaban J connectivity index is 2.10. The Morgan fingerprint density at radius 3 is 2.61 bits per heavy atom. The summed E-state index contributed by atoms with van der Waals surface area (Å²) in [5.74, 6) is -1.01. The van der Waals surface area contributed by atoms with Crippen LogP contribution in [0.2, 0.25) is 0 Å². The van der Waals surface area contributed by atoms with Crippen LogP contribution >= 0.6 is 11.3 Å². The summed E-state index contributed by atoms with van der Waals surface area (Å²) in [4.78, 5) is 25.6. The molecule has 18 heavy (non-hydrogen) atoms. The molecule has 1 aliphatic heterocycles. The third-order valence-electron chi connectivity index (χ3n) is 3.73. The van der Waals surface area contributed by atoms with Gasteiger partial charge in [-0.25, -0.2) is 4.79 Å². The molecule has 0 spiro atoms. The van der Waals surface area contributed by atoms with Crippen LogP contribution in [0.3, 0.4) is 0 Å². The molecule has 0 aliphatic carbocycles. The van der Waals surface area contributed by atoms with Crippen LogP contribution in [0.15, 0.2) is 12.1 Å². The van der Waals surface area contributed by atoms with Gasteiger partial charge in [0.25, 0.3) is 5.91 Å². The monoisotopic (exact) mass is 267 g/mol. The number of carboxylic acids is 1. The van der Waals surface area contributed by atoms with Gasteiger partial charge < -0.3 is 10.0 Å². The lowest BCUT2D eigenvalue weighted by Crippen LogP contribution is -2.30. The van der Waals surface area contributed by atoms with E-state index in [2.05, 4.69) is 13.8 Å². The average Bonchev–Trinajstić information content (AvgIpc) is 2.95. The van der Waals surface area contributed by atoms with Crippen molar-refractivity contribution < 1.29 is 14.7 Å². The van der Waals surface area contributed by atoms with E-state index in [1.54, 1.807) is 6.07 Å². The molecule has 98 valence electrons. The quantitative estimate of drug-likeness (QED) is 0.916. The van der Waals surface area contributed by atoms with Gasteiger partial charge in [0.15, 0.2) is 0 Å². The molecule has 0 radical (unpaired) electrons. The number of likely N-dealkylation sites (tertiary alicyclic amines) is 1. The Morgan fingerprint density at radius 1 is 1.44 bits per heavy atom. The first-order valence-electron chi connectivity index (χ1n) is 6.07. The highest BCUT2D eigenvalue weighted by molar-refractivity contribution is 7.15. The third kappa shape index (κ3) is 2.41. The summed E-state index contributed by atoms with van der Waals surface area (Å²) in [6.07, 6.45) is 2.08. The number of carboxylic acid groups (broad SMARTS) is 1. The molecule has 1 aliphatic rings. The SMILES string of the molecule is CCC1(C)CCN(C(=O)c2ccc(C(=O)O)s2)C1. The molecule has 0 aromatic carbocycles. The minimum Gasteiger partial charge on any atom is -0.477 e. The van der Waals surface area contributed by atoms with Crippen molar-refractivity contribution in [3.8, 4) is 0 Å². The van der Waals surface area contributed by atoms with Gasteiger partial charge in [0.05, 0.1) is 4.88 Å². The van der Waals surface area contributed by atoms with E-state index in [1.165, 1.54) is 6.07 Å². The number of amides is 1. The van der Waals surface area contributed by atoms with E-state index < -0.39 is 5.97 Å². The molecule has 5 heteroatoms. The summed E-state index contributed by atoms with van der Waals surface area (Å²) in [7, 11) is 0. The van der Waals surface area contributed by atoms with Crippen LogP contribution in [0.4, 0.5) is 0 Å². The molecular formula is C13H17NO3S. The van der Waals surface area contributed by atoms with E-state index in [-0.39, 0.29) is 16.2 Å². The first kappa shape index (κ1) is 13.1. The number of aromatic carboxylic acids is 1. The maximum atomic E-state index is 12.2. The zero-order chi connectivity index (χ0) is 13.3. The summed E-state index contributed by atoms with van der Waals surface area (Å²) in [5.41, 5.74) is 0.211. The van der Waals surface area contributed by atoms with Gasteiger partial charge in [-0.15, -0.1) is 11.3 Å². The molecule has 1 fully saturated rings. The van der Waals surface area contributed by atoms with Gasteiger partial charge in [-0.1, -0.05) is 13.8 Å². The summed E-state index contributed by atoms with van der Waals surface area (Å²) in [6, 6.07) is 3.10. The summed E-state index contributed by atoms with van der Waals surface area (Å²) in [6.45, 7) is 5.87. The van der Waals surface area contributed by atoms with E-state index in [9.17, 15) is 9.59 Å². The Kier molecular flexibility index (Phi) is 3.43. The van der Waals surface area contributed by atoms with Gasteiger partial charge in [0, 0.05) is 13.1 Å². The molecule has 4 nitrogen and oxygen atoms in total. The van der Waals surface area contributed by atoms with Crippen molar-refractivity contribution in [2.75, 3.05) is 13.1 Å². The molecule has 1 saturated heterocycles. The minimum atomic E-state index is -0.973. The fourth-order valence-corrected chi connectivity index (χ4v) is 3.02. The Morgan fingerprint density at radius 2 is 2.11 bits per heavy atom. The zero-order valence-electron chi connectivity index (χ0n) is 10.6. The highest BCUT2D eigenvalue weighted by Gasteiger charge is 2.35. The van der Waals surface area contributed by atoms with Crippen molar-refractivity contribution in [2.45, 2.75) is 26.7 Å². The third-order valence-corrected chi connectivity index (χ3v) is 4.79. The van der Waals surface area contributed by atoms with Crippen molar-refractivity contribution in [1.82, 2.24) is 4.90 Å². The smallest absolute Gasteiger partial charge is 0.345 e. The van der Waals surface area contributed by atoms with Gasteiger partial charge in [0.1, 0.15) is 4.88 Å². The average molecular weight is 267 g/mol. The second kappa shape index (κ2) is 4.72. The van der Waals surface area contributed by atoms with Crippen LogP contribution in [0.25, 0.3) is 0 Å². The number of rotatable bonds is 3. The molecule has 1 aromatic heterocycles. The number of hydrogen-bond acceptors (Lipinski definition) is 3. The van der Waals surface area contributed by atoms with E-state index >= 15 is 0 Å². The highest BCUT2D eigenvalue weighted by Crippen LogP contribution is 2.34. The predicted octanol–water partition coefficient (Wildman–Crippen LogP) is 2.71. The summed E-state index contributed by atoms with van der Waals surface area (Å²) in [5, 5.41) is 8.85. The first-order chi connectivity index (χ1) is 8.45. The van der Waals surface area contributed by atoms with E-state index in [0.717, 1.165) is 37.3 Å². The molecule has 0 saturated carbocycles. The van der Waals surface area contributed by atoms with Gasteiger partial charge >= 0.3 is 5.97 Å². The lowest BCUT2D eigenvalue weighted by atomic mass is 9.87. The van der Waals surface area contributed by atoms with Crippen molar-refractivity contribution in [2.24, 2.45) is 5.41 Å². The first-order valence-corrected chi connectivity index (χ1v) is 6.89. The van der Waals surface area contributed by atoms with Gasteiger partial charge in [-0.05, 0) is 30.4 Å². The normalized spacial score (nSPS) is 23.3. The topological polar surface area (TPSA) is 57.6 Å². The second-order valence-electron chi connectivity index (χ2n) is 5.11. The Labute approximate surface area is 110 Å². The van der Waals surface area contributed by atoms with Crippen molar-refractivity contribution in [3.63, 3.8) is 0 Å². The van der Waals surface area contributed by atoms with Crippen molar-refractivity contribution in [1.29, 1.82) is 0 Å². The molecule has 1 unspecified atom stereocenters. The zero-order valence-corrected chi connectivity index (χ0v) is 11.4. The predicted molar refractivity (Wildman–Crippen MR) is 70.2 cm³/mol. The second-order valence-corrected chi connectivity index (χ2v) is 6.19. The molecule has 1 aromatic rings. The standard InChI is InChI=1S/C13H17NO3S/c1-3-13(2)6-7-14(8-13)11(15)9-4-5-10(18-9)12(16)17/h4-5H,3,6-8H2,1-2H3,(H,16,17). The fraction of sp³-hybridized carbons (Fsp3) is 0.538. The van der Waals surface area contributed by atoms with Crippen LogP contribution in [-0.4, -0.2) is 35.0 Å². The largest absolute Gasteiger partial charge is 0.477 e. The van der Waals surface area contributed by atoms with E-state index in [4.69, 9.17) is 5.11 Å². The van der Waals surface area contributed by atoms with Crippen LogP contribution in [-0.2, 0) is 0 Å². The highest BCUT2D eigenvalue weighted by atomic mass is 32.1. The number of nitrogens with zero attached hydrogens (tertiary/aromatic N) is 1. The van der Waals surface area contributed by atoms with E-state index in [0.29, 0.717) is 4.88 Å². The molecule has 2 rings (SSSR count). The Hall–Kier alpha value is -1.36. The van der Waals surface area contributed by atoms with Gasteiger partial charge in [0.2, 0.25) is 0 Å². The molecular weight excluding hydrogens is 250 g/mol. The van der Waals surface area contributed by atoms with Crippen LogP contribution < -0.4 is 0 Å². The van der Waals surface area contributed by atoms with Gasteiger partial charge in [-0.3, -0.25) is 4.79 Å². The molecule has 0 bridgehead atoms. The number of carbonyl (C=O) groups is 2. The number of carbonyl (C=O) groups excluding carboxylic acids is 1. The van der Waals surface area contributed by atoms with Crippen molar-refractivity contribution >= 4 is 23.2 Å². The van der Waals surface area contributed by atoms with Gasteiger partial charge in [-0.2, -0.15) is 0 Å². The van der Waals surface area contributed by atoms with Crippen LogP contribution in [0.1, 0.15) is 46.0 Å². The van der Waals surface area contributed by atoms with Crippen LogP contribution in [0.5, 0.6) is 0 Å². The maximum Gasteiger partial charge on any atom is 0.345 e. The molecule has 1 N–H and O–H groups in total. The molecule has 1 atom stereocenters.